The highest BCUT2D eigenvalue weighted by Gasteiger charge is 2.45. The van der Waals surface area contributed by atoms with E-state index in [0.29, 0.717) is 6.42 Å². The Morgan fingerprint density at radius 1 is 1.47 bits per heavy atom. The first-order valence-electron chi connectivity index (χ1n) is 6.21. The summed E-state index contributed by atoms with van der Waals surface area (Å²) in [6.45, 7) is 9.37. The third-order valence-corrected chi connectivity index (χ3v) is 2.68. The molecule has 2 atom stereocenters. The number of hydrogen-bond donors (Lipinski definition) is 1. The van der Waals surface area contributed by atoms with Gasteiger partial charge in [0.15, 0.2) is 6.04 Å². The van der Waals surface area contributed by atoms with Crippen LogP contribution in [0.25, 0.3) is 0 Å². The van der Waals surface area contributed by atoms with Gasteiger partial charge in [0.05, 0.1) is 11.7 Å². The average molecular weight is 271 g/mol. The second kappa shape index (κ2) is 6.06. The molecule has 0 radical (unpaired) electrons. The Labute approximate surface area is 113 Å². The van der Waals surface area contributed by atoms with Crippen molar-refractivity contribution in [3.8, 4) is 0 Å². The van der Waals surface area contributed by atoms with E-state index >= 15 is 0 Å². The molecule has 1 N–H and O–H groups in total. The molecule has 0 saturated carbocycles. The second-order valence-corrected chi connectivity index (χ2v) is 5.40. The summed E-state index contributed by atoms with van der Waals surface area (Å²) < 4.78 is 10.7. The molecule has 0 spiro atoms. The molecular weight excluding hydrogens is 250 g/mol. The highest BCUT2D eigenvalue weighted by atomic mass is 16.5. The first-order valence-corrected chi connectivity index (χ1v) is 6.21. The zero-order valence-electron chi connectivity index (χ0n) is 11.6. The van der Waals surface area contributed by atoms with E-state index in [1.54, 1.807) is 0 Å². The van der Waals surface area contributed by atoms with Crippen molar-refractivity contribution in [2.45, 2.75) is 44.9 Å². The van der Waals surface area contributed by atoms with Crippen molar-refractivity contribution in [1.29, 1.82) is 0 Å². The van der Waals surface area contributed by atoms with E-state index in [2.05, 4.69) is 6.58 Å². The molecule has 1 fully saturated rings. The molecule has 0 aromatic carbocycles. The van der Waals surface area contributed by atoms with Crippen molar-refractivity contribution >= 4 is 12.1 Å². The van der Waals surface area contributed by atoms with Gasteiger partial charge in [0, 0.05) is 6.54 Å². The molecule has 6 nitrogen and oxygen atoms in total. The van der Waals surface area contributed by atoms with Gasteiger partial charge in [-0.2, -0.15) is 0 Å². The monoisotopic (exact) mass is 271 g/mol. The lowest BCUT2D eigenvalue weighted by atomic mass is 10.1. The van der Waals surface area contributed by atoms with Gasteiger partial charge in [-0.15, -0.1) is 0 Å². The summed E-state index contributed by atoms with van der Waals surface area (Å²) in [5.41, 5.74) is -0.448. The highest BCUT2D eigenvalue weighted by Crippen LogP contribution is 2.26. The molecule has 1 amide bonds. The number of amides is 1. The van der Waals surface area contributed by atoms with Gasteiger partial charge in [0.2, 0.25) is 0 Å². The number of rotatable bonds is 4. The van der Waals surface area contributed by atoms with Crippen molar-refractivity contribution < 1.29 is 24.2 Å². The van der Waals surface area contributed by atoms with Crippen LogP contribution in [0.1, 0.15) is 27.2 Å². The lowest BCUT2D eigenvalue weighted by Crippen LogP contribution is -2.47. The molecule has 1 aliphatic rings. The lowest BCUT2D eigenvalue weighted by molar-refractivity contribution is -0.155. The number of carboxylic acid groups (broad SMARTS) is 1. The molecule has 6 heteroatoms. The van der Waals surface area contributed by atoms with Crippen LogP contribution >= 0.6 is 0 Å². The number of esters is 1. The van der Waals surface area contributed by atoms with Crippen LogP contribution in [0.4, 0.5) is 4.79 Å². The zero-order valence-corrected chi connectivity index (χ0v) is 11.6. The molecule has 1 heterocycles. The van der Waals surface area contributed by atoms with E-state index in [9.17, 15) is 9.59 Å². The number of likely N-dealkylation sites (tertiary alicyclic amines) is 1. The number of ether oxygens (including phenoxy) is 2. The maximum absolute atomic E-state index is 12.0. The van der Waals surface area contributed by atoms with E-state index < -0.39 is 29.8 Å². The van der Waals surface area contributed by atoms with E-state index in [0.717, 1.165) is 4.90 Å². The van der Waals surface area contributed by atoms with Crippen LogP contribution in [-0.2, 0) is 14.3 Å². The predicted octanol–water partition coefficient (Wildman–Crippen LogP) is 1.65. The smallest absolute Gasteiger partial charge is 0.408 e. The Kier molecular flexibility index (Phi) is 4.94. The van der Waals surface area contributed by atoms with Gasteiger partial charge < -0.3 is 14.6 Å². The largest absolute Gasteiger partial charge is 0.465 e. The third-order valence-electron chi connectivity index (χ3n) is 2.68. The third kappa shape index (κ3) is 4.24. The number of nitrogens with zero attached hydrogens (tertiary/aromatic N) is 1. The fourth-order valence-electron chi connectivity index (χ4n) is 2.06. The van der Waals surface area contributed by atoms with Crippen LogP contribution in [-0.4, -0.2) is 53.0 Å². The van der Waals surface area contributed by atoms with Crippen molar-refractivity contribution in [2.75, 3.05) is 13.2 Å². The lowest BCUT2D eigenvalue weighted by Gasteiger charge is -2.29. The van der Waals surface area contributed by atoms with Crippen molar-refractivity contribution in [3.63, 3.8) is 0 Å². The minimum atomic E-state index is -1.14. The fraction of sp³-hybridized carbons (Fsp3) is 0.692. The van der Waals surface area contributed by atoms with Gasteiger partial charge in [0.1, 0.15) is 6.61 Å². The fourth-order valence-corrected chi connectivity index (χ4v) is 2.06. The van der Waals surface area contributed by atoms with E-state index in [1.165, 1.54) is 6.08 Å². The van der Waals surface area contributed by atoms with Crippen LogP contribution in [0, 0.1) is 0 Å². The summed E-state index contributed by atoms with van der Waals surface area (Å²) >= 11 is 0. The van der Waals surface area contributed by atoms with Gasteiger partial charge in [-0.3, -0.25) is 4.90 Å². The summed E-state index contributed by atoms with van der Waals surface area (Å²) in [5, 5.41) is 9.12. The van der Waals surface area contributed by atoms with Crippen LogP contribution < -0.4 is 0 Å². The Morgan fingerprint density at radius 3 is 2.58 bits per heavy atom. The van der Waals surface area contributed by atoms with Crippen molar-refractivity contribution in [1.82, 2.24) is 4.90 Å². The second-order valence-electron chi connectivity index (χ2n) is 5.40. The molecule has 1 aliphatic heterocycles. The molecule has 1 rings (SSSR count). The molecule has 2 unspecified atom stereocenters. The molecule has 108 valence electrons. The Bertz CT molecular complexity index is 361. The molecule has 0 aromatic heterocycles. The summed E-state index contributed by atoms with van der Waals surface area (Å²) in [7, 11) is 0. The number of carbonyl (C=O) groups is 2. The SMILES string of the molecule is C=CCOC(=O)C1C(OC(C)(C)C)CCN1C(=O)O. The summed E-state index contributed by atoms with van der Waals surface area (Å²) in [6, 6.07) is -0.906. The van der Waals surface area contributed by atoms with Gasteiger partial charge in [-0.05, 0) is 27.2 Å². The van der Waals surface area contributed by atoms with Crippen LogP contribution in [0.5, 0.6) is 0 Å². The number of hydrogen-bond acceptors (Lipinski definition) is 4. The minimum Gasteiger partial charge on any atom is -0.465 e. The van der Waals surface area contributed by atoms with E-state index in [-0.39, 0.29) is 13.2 Å². The van der Waals surface area contributed by atoms with Gasteiger partial charge in [0.25, 0.3) is 0 Å². The normalized spacial score (nSPS) is 23.2. The maximum atomic E-state index is 12.0. The van der Waals surface area contributed by atoms with E-state index in [1.807, 2.05) is 20.8 Å². The van der Waals surface area contributed by atoms with Gasteiger partial charge >= 0.3 is 12.1 Å². The van der Waals surface area contributed by atoms with Crippen molar-refractivity contribution in [3.05, 3.63) is 12.7 Å². The maximum Gasteiger partial charge on any atom is 0.408 e. The quantitative estimate of drug-likeness (QED) is 0.621. The first kappa shape index (κ1) is 15.5. The van der Waals surface area contributed by atoms with Crippen LogP contribution in [0.3, 0.4) is 0 Å². The zero-order chi connectivity index (χ0) is 14.6. The molecular formula is C13H21NO5. The van der Waals surface area contributed by atoms with E-state index in [4.69, 9.17) is 14.6 Å². The highest BCUT2D eigenvalue weighted by molar-refractivity contribution is 5.82. The minimum absolute atomic E-state index is 0.0605. The number of carbonyl (C=O) groups excluding carboxylic acids is 1. The molecule has 19 heavy (non-hydrogen) atoms. The summed E-state index contributed by atoms with van der Waals surface area (Å²) in [5.74, 6) is -0.589. The van der Waals surface area contributed by atoms with Crippen LogP contribution in [0.15, 0.2) is 12.7 Å². The predicted molar refractivity (Wildman–Crippen MR) is 68.9 cm³/mol. The Hall–Kier alpha value is -1.56. The Balaban J connectivity index is 2.83. The summed E-state index contributed by atoms with van der Waals surface area (Å²) in [4.78, 5) is 24.2. The molecule has 0 aromatic rings. The van der Waals surface area contributed by atoms with Gasteiger partial charge in [-0.25, -0.2) is 9.59 Å². The molecule has 1 saturated heterocycles. The summed E-state index contributed by atoms with van der Waals surface area (Å²) in [6.07, 6.45) is 0.309. The van der Waals surface area contributed by atoms with Gasteiger partial charge in [-0.1, -0.05) is 12.7 Å². The Morgan fingerprint density at radius 2 is 2.11 bits per heavy atom. The van der Waals surface area contributed by atoms with Crippen molar-refractivity contribution in [2.24, 2.45) is 0 Å². The average Bonchev–Trinajstić information content (AvgIpc) is 2.67. The van der Waals surface area contributed by atoms with Crippen LogP contribution in [0.2, 0.25) is 0 Å². The first-order chi connectivity index (χ1) is 8.76. The molecule has 0 aliphatic carbocycles. The topological polar surface area (TPSA) is 76.1 Å². The standard InChI is InChI=1S/C13H21NO5/c1-5-8-18-11(15)10-9(19-13(2,3)4)6-7-14(10)12(16)17/h5,9-10H,1,6-8H2,2-4H3,(H,16,17). The molecule has 0 bridgehead atoms.